The number of imidazole rings is 1. The molecule has 0 amide bonds. The highest BCUT2D eigenvalue weighted by atomic mass is 16.5. The summed E-state index contributed by atoms with van der Waals surface area (Å²) in [5, 5.41) is 0. The number of ether oxygens (including phenoxy) is 1. The van der Waals surface area contributed by atoms with Gasteiger partial charge in [-0.2, -0.15) is 0 Å². The lowest BCUT2D eigenvalue weighted by Crippen LogP contribution is -2.12. The van der Waals surface area contributed by atoms with Crippen molar-refractivity contribution in [2.24, 2.45) is 0 Å². The molecule has 0 aliphatic rings. The minimum Gasteiger partial charge on any atom is -0.455 e. The van der Waals surface area contributed by atoms with Crippen LogP contribution in [0.25, 0.3) is 5.52 Å². The summed E-state index contributed by atoms with van der Waals surface area (Å²) in [6.45, 7) is 5.32. The number of aromatic nitrogens is 2. The Morgan fingerprint density at radius 2 is 2.50 bits per heavy atom. The summed E-state index contributed by atoms with van der Waals surface area (Å²) in [4.78, 5) is 15.7. The van der Waals surface area contributed by atoms with E-state index in [9.17, 15) is 4.79 Å². The van der Waals surface area contributed by atoms with Gasteiger partial charge >= 0.3 is 5.97 Å². The van der Waals surface area contributed by atoms with Gasteiger partial charge in [0.1, 0.15) is 6.10 Å². The minimum absolute atomic E-state index is 0.284. The molecule has 0 aromatic carbocycles. The zero-order valence-corrected chi connectivity index (χ0v) is 8.96. The normalized spacial score (nSPS) is 12.3. The molecule has 2 aromatic rings. The molecule has 16 heavy (non-hydrogen) atoms. The number of hydrogen-bond acceptors (Lipinski definition) is 3. The van der Waals surface area contributed by atoms with Crippen LogP contribution in [0.4, 0.5) is 0 Å². The lowest BCUT2D eigenvalue weighted by Gasteiger charge is -2.08. The van der Waals surface area contributed by atoms with Gasteiger partial charge in [-0.25, -0.2) is 9.78 Å². The maximum atomic E-state index is 11.7. The molecule has 82 valence electrons. The quantitative estimate of drug-likeness (QED) is 0.582. The van der Waals surface area contributed by atoms with Crippen molar-refractivity contribution < 1.29 is 9.53 Å². The molecule has 0 aliphatic carbocycles. The fraction of sp³-hybridized carbons (Fsp3) is 0.167. The molecule has 0 aliphatic heterocycles. The van der Waals surface area contributed by atoms with E-state index in [0.29, 0.717) is 5.56 Å². The number of nitrogens with zero attached hydrogens (tertiary/aromatic N) is 2. The lowest BCUT2D eigenvalue weighted by molar-refractivity contribution is 0.0425. The van der Waals surface area contributed by atoms with Crippen molar-refractivity contribution in [2.75, 3.05) is 0 Å². The van der Waals surface area contributed by atoms with Gasteiger partial charge in [0, 0.05) is 6.20 Å². The van der Waals surface area contributed by atoms with Gasteiger partial charge in [0.05, 0.1) is 23.6 Å². The number of pyridine rings is 1. The fourth-order valence-electron chi connectivity index (χ4n) is 1.33. The van der Waals surface area contributed by atoms with Crippen LogP contribution in [0.3, 0.4) is 0 Å². The van der Waals surface area contributed by atoms with E-state index in [-0.39, 0.29) is 12.1 Å². The molecule has 0 spiro atoms. The van der Waals surface area contributed by atoms with Crippen molar-refractivity contribution in [3.63, 3.8) is 0 Å². The maximum Gasteiger partial charge on any atom is 0.338 e. The van der Waals surface area contributed by atoms with Gasteiger partial charge in [-0.15, -0.1) is 0 Å². The summed E-state index contributed by atoms with van der Waals surface area (Å²) >= 11 is 0. The molecular formula is C12H12N2O2. The largest absolute Gasteiger partial charge is 0.455 e. The highest BCUT2D eigenvalue weighted by molar-refractivity contribution is 5.90. The Morgan fingerprint density at radius 1 is 1.69 bits per heavy atom. The summed E-state index contributed by atoms with van der Waals surface area (Å²) in [6, 6.07) is 3.44. The summed E-state index contributed by atoms with van der Waals surface area (Å²) in [6.07, 6.45) is 6.44. The number of esters is 1. The van der Waals surface area contributed by atoms with Crippen LogP contribution < -0.4 is 0 Å². The molecule has 2 heterocycles. The SMILES string of the molecule is C=C[C@H](C)OC(=O)c1ccn2cncc2c1. The number of fused-ring (bicyclic) bond motifs is 1. The van der Waals surface area contributed by atoms with Crippen LogP contribution in [0, 0.1) is 0 Å². The van der Waals surface area contributed by atoms with E-state index in [1.165, 1.54) is 0 Å². The highest BCUT2D eigenvalue weighted by Gasteiger charge is 2.10. The van der Waals surface area contributed by atoms with Gasteiger partial charge in [0.15, 0.2) is 0 Å². The van der Waals surface area contributed by atoms with E-state index >= 15 is 0 Å². The first kappa shape index (κ1) is 10.4. The average molecular weight is 216 g/mol. The minimum atomic E-state index is -0.351. The van der Waals surface area contributed by atoms with Gasteiger partial charge in [0.2, 0.25) is 0 Å². The highest BCUT2D eigenvalue weighted by Crippen LogP contribution is 2.09. The number of carbonyl (C=O) groups excluding carboxylic acids is 1. The Labute approximate surface area is 93.2 Å². The third-order valence-corrected chi connectivity index (χ3v) is 2.27. The second kappa shape index (κ2) is 4.18. The predicted octanol–water partition coefficient (Wildman–Crippen LogP) is 2.07. The van der Waals surface area contributed by atoms with Gasteiger partial charge in [-0.1, -0.05) is 12.7 Å². The molecule has 0 N–H and O–H groups in total. The smallest absolute Gasteiger partial charge is 0.338 e. The topological polar surface area (TPSA) is 43.6 Å². The first-order chi connectivity index (χ1) is 7.70. The summed E-state index contributed by atoms with van der Waals surface area (Å²) < 4.78 is 6.95. The predicted molar refractivity (Wildman–Crippen MR) is 60.3 cm³/mol. The van der Waals surface area contributed by atoms with Crippen molar-refractivity contribution in [1.82, 2.24) is 9.38 Å². The molecule has 0 saturated carbocycles. The Morgan fingerprint density at radius 3 is 3.25 bits per heavy atom. The summed E-state index contributed by atoms with van der Waals surface area (Å²) in [5.41, 5.74) is 1.38. The summed E-state index contributed by atoms with van der Waals surface area (Å²) in [5.74, 6) is -0.351. The standard InChI is InChI=1S/C12H12N2O2/c1-3-9(2)16-12(15)10-4-5-14-8-13-7-11(14)6-10/h3-9H,1H2,2H3/t9-/m0/s1. The van der Waals surface area contributed by atoms with Crippen LogP contribution in [0.15, 0.2) is 43.5 Å². The van der Waals surface area contributed by atoms with Gasteiger partial charge in [0.25, 0.3) is 0 Å². The zero-order chi connectivity index (χ0) is 11.5. The Bertz CT molecular complexity index is 531. The third-order valence-electron chi connectivity index (χ3n) is 2.27. The van der Waals surface area contributed by atoms with Gasteiger partial charge < -0.3 is 9.14 Å². The Balaban J connectivity index is 2.25. The number of rotatable bonds is 3. The molecule has 2 aromatic heterocycles. The zero-order valence-electron chi connectivity index (χ0n) is 8.96. The van der Waals surface area contributed by atoms with Crippen molar-refractivity contribution in [3.8, 4) is 0 Å². The van der Waals surface area contributed by atoms with Gasteiger partial charge in [-0.3, -0.25) is 0 Å². The second-order valence-electron chi connectivity index (χ2n) is 3.49. The van der Waals surface area contributed by atoms with E-state index in [2.05, 4.69) is 11.6 Å². The van der Waals surface area contributed by atoms with Crippen LogP contribution in [-0.4, -0.2) is 21.5 Å². The number of hydrogen-bond donors (Lipinski definition) is 0. The van der Waals surface area contributed by atoms with Crippen molar-refractivity contribution in [2.45, 2.75) is 13.0 Å². The van der Waals surface area contributed by atoms with Crippen LogP contribution >= 0.6 is 0 Å². The molecular weight excluding hydrogens is 204 g/mol. The van der Waals surface area contributed by atoms with E-state index in [4.69, 9.17) is 4.74 Å². The molecule has 0 radical (unpaired) electrons. The lowest BCUT2D eigenvalue weighted by atomic mass is 10.2. The molecule has 0 unspecified atom stereocenters. The van der Waals surface area contributed by atoms with E-state index in [1.54, 1.807) is 43.9 Å². The van der Waals surface area contributed by atoms with Crippen molar-refractivity contribution in [3.05, 3.63) is 49.1 Å². The number of carbonyl (C=O) groups is 1. The third kappa shape index (κ3) is 1.95. The van der Waals surface area contributed by atoms with Crippen molar-refractivity contribution in [1.29, 1.82) is 0 Å². The molecule has 4 nitrogen and oxygen atoms in total. The Hall–Kier alpha value is -2.10. The molecule has 2 rings (SSSR count). The van der Waals surface area contributed by atoms with E-state index in [0.717, 1.165) is 5.52 Å². The Kier molecular flexibility index (Phi) is 2.72. The van der Waals surface area contributed by atoms with E-state index in [1.807, 2.05) is 4.40 Å². The first-order valence-electron chi connectivity index (χ1n) is 4.96. The maximum absolute atomic E-state index is 11.7. The summed E-state index contributed by atoms with van der Waals surface area (Å²) in [7, 11) is 0. The molecule has 1 atom stereocenters. The van der Waals surface area contributed by atoms with Crippen LogP contribution in [0.1, 0.15) is 17.3 Å². The molecule has 0 bridgehead atoms. The first-order valence-corrected chi connectivity index (χ1v) is 4.96. The fourth-order valence-corrected chi connectivity index (χ4v) is 1.33. The van der Waals surface area contributed by atoms with E-state index < -0.39 is 0 Å². The van der Waals surface area contributed by atoms with Crippen LogP contribution in [0.2, 0.25) is 0 Å². The van der Waals surface area contributed by atoms with Gasteiger partial charge in [-0.05, 0) is 19.1 Å². The molecule has 4 heteroatoms. The average Bonchev–Trinajstić information content (AvgIpc) is 2.75. The monoisotopic (exact) mass is 216 g/mol. The molecule has 0 fully saturated rings. The molecule has 0 saturated heterocycles. The van der Waals surface area contributed by atoms with Crippen LogP contribution in [-0.2, 0) is 4.74 Å². The second-order valence-corrected chi connectivity index (χ2v) is 3.49. The van der Waals surface area contributed by atoms with Crippen LogP contribution in [0.5, 0.6) is 0 Å². The van der Waals surface area contributed by atoms with Crippen molar-refractivity contribution >= 4 is 11.5 Å².